The molecule has 1 fully saturated rings. The van der Waals surface area contributed by atoms with Gasteiger partial charge in [0.05, 0.1) is 4.90 Å². The summed E-state index contributed by atoms with van der Waals surface area (Å²) in [6, 6.07) is 21.6. The molecule has 1 unspecified atom stereocenters. The number of sulfonamides is 1. The van der Waals surface area contributed by atoms with Gasteiger partial charge in [-0.15, -0.1) is 0 Å². The lowest BCUT2D eigenvalue weighted by Crippen LogP contribution is -2.39. The summed E-state index contributed by atoms with van der Waals surface area (Å²) < 4.78 is 24.8. The van der Waals surface area contributed by atoms with Crippen LogP contribution < -0.4 is 15.8 Å². The first kappa shape index (κ1) is 26.1. The summed E-state index contributed by atoms with van der Waals surface area (Å²) in [6.07, 6.45) is 2.22. The Bertz CT molecular complexity index is 1340. The molecule has 1 saturated carbocycles. The molecule has 2 amide bonds. The lowest BCUT2D eigenvalue weighted by atomic mass is 9.94. The van der Waals surface area contributed by atoms with Crippen LogP contribution in [0.4, 0.5) is 0 Å². The maximum atomic E-state index is 12.9. The average molecular weight is 571 g/mol. The number of primary sulfonamides is 1. The van der Waals surface area contributed by atoms with E-state index in [-0.39, 0.29) is 28.5 Å². The average Bonchev–Trinajstić information content (AvgIpc) is 3.37. The fourth-order valence-electron chi connectivity index (χ4n) is 4.59. The second kappa shape index (κ2) is 11.4. The van der Waals surface area contributed by atoms with Gasteiger partial charge in [-0.3, -0.25) is 9.59 Å². The predicted octanol–water partition coefficient (Wildman–Crippen LogP) is 4.11. The molecule has 7 nitrogen and oxygen atoms in total. The molecule has 1 aliphatic rings. The number of rotatable bonds is 8. The van der Waals surface area contributed by atoms with Gasteiger partial charge < -0.3 is 10.6 Å². The van der Waals surface area contributed by atoms with E-state index in [1.807, 2.05) is 36.4 Å². The summed E-state index contributed by atoms with van der Waals surface area (Å²) >= 11 is 3.40. The standard InChI is InChI=1S/C27H28BrN3O4S/c28-21-14-10-19(11-15-21)17-31-27(33)24-6-3-5-23(24)26(32)30-16-18-8-12-20(13-9-18)22-4-1-2-7-25(22)36(29,34)35/h1-2,4,7-15,23-24H,3,5-6,16-17H2,(H,30,32)(H,31,33)(H2,29,34,35)/t23?,24-/m1/s1. The highest BCUT2D eigenvalue weighted by molar-refractivity contribution is 9.10. The largest absolute Gasteiger partial charge is 0.352 e. The third kappa shape index (κ3) is 6.40. The minimum Gasteiger partial charge on any atom is -0.352 e. The van der Waals surface area contributed by atoms with Crippen molar-refractivity contribution in [1.82, 2.24) is 10.6 Å². The Hall–Kier alpha value is -3.01. The van der Waals surface area contributed by atoms with Crippen molar-refractivity contribution in [3.8, 4) is 11.1 Å². The van der Waals surface area contributed by atoms with E-state index >= 15 is 0 Å². The number of hydrogen-bond acceptors (Lipinski definition) is 4. The van der Waals surface area contributed by atoms with Crippen LogP contribution >= 0.6 is 15.9 Å². The Labute approximate surface area is 219 Å². The first-order valence-corrected chi connectivity index (χ1v) is 14.1. The summed E-state index contributed by atoms with van der Waals surface area (Å²) in [5, 5.41) is 11.3. The van der Waals surface area contributed by atoms with Crippen molar-refractivity contribution < 1.29 is 18.0 Å². The monoisotopic (exact) mass is 569 g/mol. The second-order valence-electron chi connectivity index (χ2n) is 8.94. The lowest BCUT2D eigenvalue weighted by molar-refractivity contribution is -0.133. The van der Waals surface area contributed by atoms with Gasteiger partial charge in [0.15, 0.2) is 0 Å². The molecule has 0 radical (unpaired) electrons. The van der Waals surface area contributed by atoms with Gasteiger partial charge in [0.1, 0.15) is 0 Å². The highest BCUT2D eigenvalue weighted by atomic mass is 79.9. The molecule has 0 heterocycles. The Morgan fingerprint density at radius 3 is 1.83 bits per heavy atom. The number of nitrogens with one attached hydrogen (secondary N) is 2. The van der Waals surface area contributed by atoms with Crippen LogP contribution in [-0.4, -0.2) is 20.2 Å². The first-order valence-electron chi connectivity index (χ1n) is 11.7. The van der Waals surface area contributed by atoms with Crippen molar-refractivity contribution in [2.45, 2.75) is 37.2 Å². The van der Waals surface area contributed by atoms with E-state index in [1.165, 1.54) is 6.07 Å². The molecule has 0 saturated heterocycles. The Kier molecular flexibility index (Phi) is 8.23. The smallest absolute Gasteiger partial charge is 0.238 e. The zero-order valence-electron chi connectivity index (χ0n) is 19.6. The van der Waals surface area contributed by atoms with E-state index in [4.69, 9.17) is 5.14 Å². The van der Waals surface area contributed by atoms with Gasteiger partial charge in [-0.1, -0.05) is 76.9 Å². The quantitative estimate of drug-likeness (QED) is 0.378. The van der Waals surface area contributed by atoms with Gasteiger partial charge >= 0.3 is 0 Å². The molecule has 4 rings (SSSR count). The third-order valence-electron chi connectivity index (χ3n) is 6.49. The number of halogens is 1. The van der Waals surface area contributed by atoms with Gasteiger partial charge in [0.25, 0.3) is 0 Å². The first-order chi connectivity index (χ1) is 17.2. The number of nitrogens with two attached hydrogens (primary N) is 1. The van der Waals surface area contributed by atoms with Gasteiger partial charge in [-0.2, -0.15) is 0 Å². The number of carbonyl (C=O) groups excluding carboxylic acids is 2. The second-order valence-corrected chi connectivity index (χ2v) is 11.4. The fraction of sp³-hybridized carbons (Fsp3) is 0.259. The van der Waals surface area contributed by atoms with Crippen molar-refractivity contribution >= 4 is 37.8 Å². The molecule has 3 aromatic rings. The highest BCUT2D eigenvalue weighted by Gasteiger charge is 2.37. The van der Waals surface area contributed by atoms with Crippen molar-refractivity contribution in [3.05, 3.63) is 88.4 Å². The van der Waals surface area contributed by atoms with Gasteiger partial charge in [0.2, 0.25) is 21.8 Å². The van der Waals surface area contributed by atoms with Gasteiger partial charge in [0, 0.05) is 35.0 Å². The van der Waals surface area contributed by atoms with Crippen molar-refractivity contribution in [1.29, 1.82) is 0 Å². The van der Waals surface area contributed by atoms with Crippen LogP contribution in [0, 0.1) is 11.8 Å². The molecule has 2 atom stereocenters. The van der Waals surface area contributed by atoms with E-state index in [0.29, 0.717) is 37.1 Å². The lowest BCUT2D eigenvalue weighted by Gasteiger charge is -2.19. The van der Waals surface area contributed by atoms with Crippen molar-refractivity contribution in [2.75, 3.05) is 0 Å². The Balaban J connectivity index is 1.34. The van der Waals surface area contributed by atoms with Crippen LogP contribution in [0.25, 0.3) is 11.1 Å². The van der Waals surface area contributed by atoms with Crippen LogP contribution in [0.3, 0.4) is 0 Å². The van der Waals surface area contributed by atoms with Gasteiger partial charge in [-0.05, 0) is 47.7 Å². The Morgan fingerprint density at radius 1 is 0.806 bits per heavy atom. The molecular formula is C27H28BrN3O4S. The normalized spacial score (nSPS) is 17.5. The number of carbonyl (C=O) groups is 2. The van der Waals surface area contributed by atoms with Crippen LogP contribution in [0.5, 0.6) is 0 Å². The minimum atomic E-state index is -3.85. The zero-order valence-corrected chi connectivity index (χ0v) is 22.0. The summed E-state index contributed by atoms with van der Waals surface area (Å²) in [5.41, 5.74) is 3.11. The number of amides is 2. The summed E-state index contributed by atoms with van der Waals surface area (Å²) in [6.45, 7) is 0.748. The molecule has 0 spiro atoms. The molecule has 36 heavy (non-hydrogen) atoms. The molecular weight excluding hydrogens is 542 g/mol. The maximum absolute atomic E-state index is 12.9. The van der Waals surface area contributed by atoms with Crippen LogP contribution in [0.15, 0.2) is 82.2 Å². The predicted molar refractivity (Wildman–Crippen MR) is 142 cm³/mol. The minimum absolute atomic E-state index is 0.0664. The van der Waals surface area contributed by atoms with Crippen LogP contribution in [0.2, 0.25) is 0 Å². The SMILES string of the molecule is NS(=O)(=O)c1ccccc1-c1ccc(CNC(=O)C2CCC[C@H]2C(=O)NCc2ccc(Br)cc2)cc1. The van der Waals surface area contributed by atoms with Crippen LogP contribution in [-0.2, 0) is 32.7 Å². The molecule has 188 valence electrons. The van der Waals surface area contributed by atoms with Crippen LogP contribution in [0.1, 0.15) is 30.4 Å². The molecule has 0 aliphatic heterocycles. The highest BCUT2D eigenvalue weighted by Crippen LogP contribution is 2.32. The van der Waals surface area contributed by atoms with Crippen molar-refractivity contribution in [3.63, 3.8) is 0 Å². The molecule has 1 aliphatic carbocycles. The van der Waals surface area contributed by atoms with E-state index in [9.17, 15) is 18.0 Å². The summed E-state index contributed by atoms with van der Waals surface area (Å²) in [7, 11) is -3.85. The number of hydrogen-bond donors (Lipinski definition) is 3. The summed E-state index contributed by atoms with van der Waals surface area (Å²) in [4.78, 5) is 25.8. The van der Waals surface area contributed by atoms with E-state index in [1.54, 1.807) is 30.3 Å². The zero-order chi connectivity index (χ0) is 25.7. The summed E-state index contributed by atoms with van der Waals surface area (Å²) in [5.74, 6) is -0.901. The Morgan fingerprint density at radius 2 is 1.31 bits per heavy atom. The van der Waals surface area contributed by atoms with Gasteiger partial charge in [-0.25, -0.2) is 13.6 Å². The van der Waals surface area contributed by atoms with Crippen molar-refractivity contribution in [2.24, 2.45) is 17.0 Å². The van der Waals surface area contributed by atoms with E-state index < -0.39 is 10.0 Å². The topological polar surface area (TPSA) is 118 Å². The molecule has 9 heteroatoms. The maximum Gasteiger partial charge on any atom is 0.238 e. The fourth-order valence-corrected chi connectivity index (χ4v) is 5.61. The molecule has 0 aromatic heterocycles. The van der Waals surface area contributed by atoms with E-state index in [0.717, 1.165) is 22.0 Å². The molecule has 3 aromatic carbocycles. The third-order valence-corrected chi connectivity index (χ3v) is 7.99. The molecule has 4 N–H and O–H groups in total. The molecule has 0 bridgehead atoms. The number of benzene rings is 3. The van der Waals surface area contributed by atoms with E-state index in [2.05, 4.69) is 26.6 Å².